The first kappa shape index (κ1) is 14.7. The zero-order valence-electron chi connectivity index (χ0n) is 10.7. The third kappa shape index (κ3) is 3.06. The smallest absolute Gasteiger partial charge is 0.310 e. The molecule has 2 N–H and O–H groups in total. The largest absolute Gasteiger partial charge is 0.481 e. The van der Waals surface area contributed by atoms with Crippen molar-refractivity contribution < 1.29 is 9.90 Å². The van der Waals surface area contributed by atoms with Gasteiger partial charge in [-0.05, 0) is 30.7 Å². The van der Waals surface area contributed by atoms with Crippen molar-refractivity contribution in [2.75, 3.05) is 5.32 Å². The van der Waals surface area contributed by atoms with E-state index in [2.05, 4.69) is 5.32 Å². The second-order valence-electron chi connectivity index (χ2n) is 4.37. The molecule has 0 aliphatic rings. The van der Waals surface area contributed by atoms with Crippen LogP contribution in [0.1, 0.15) is 18.4 Å². The van der Waals surface area contributed by atoms with E-state index in [0.29, 0.717) is 27.0 Å². The van der Waals surface area contributed by atoms with Crippen LogP contribution in [0.5, 0.6) is 0 Å². The van der Waals surface area contributed by atoms with Crippen LogP contribution in [0.2, 0.25) is 10.0 Å². The third-order valence-electron chi connectivity index (χ3n) is 3.02. The van der Waals surface area contributed by atoms with Crippen LogP contribution in [0.15, 0.2) is 42.5 Å². The number of hydrogen-bond donors (Lipinski definition) is 2. The Hall–Kier alpha value is -1.71. The lowest BCUT2D eigenvalue weighted by molar-refractivity contribution is -0.138. The number of para-hydroxylation sites is 2. The van der Waals surface area contributed by atoms with Gasteiger partial charge in [0.15, 0.2) is 0 Å². The second-order valence-corrected chi connectivity index (χ2v) is 5.18. The summed E-state index contributed by atoms with van der Waals surface area (Å²) in [5.74, 6) is -1.51. The monoisotopic (exact) mass is 309 g/mol. The second kappa shape index (κ2) is 6.16. The number of benzene rings is 2. The predicted octanol–water partition coefficient (Wildman–Crippen LogP) is 4.93. The van der Waals surface area contributed by atoms with E-state index < -0.39 is 11.9 Å². The number of carbonyl (C=O) groups is 1. The van der Waals surface area contributed by atoms with Crippen molar-refractivity contribution >= 4 is 40.5 Å². The first-order valence-corrected chi connectivity index (χ1v) is 6.79. The fourth-order valence-corrected chi connectivity index (χ4v) is 2.37. The molecule has 0 amide bonds. The molecule has 5 heteroatoms. The highest BCUT2D eigenvalue weighted by Crippen LogP contribution is 2.35. The normalized spacial score (nSPS) is 11.9. The highest BCUT2D eigenvalue weighted by Gasteiger charge is 2.18. The van der Waals surface area contributed by atoms with Crippen LogP contribution >= 0.6 is 23.2 Å². The van der Waals surface area contributed by atoms with Crippen LogP contribution in [0.25, 0.3) is 0 Å². The van der Waals surface area contributed by atoms with Crippen molar-refractivity contribution in [2.24, 2.45) is 0 Å². The van der Waals surface area contributed by atoms with E-state index in [1.807, 2.05) is 6.07 Å². The van der Waals surface area contributed by atoms with Crippen molar-refractivity contribution in [1.82, 2.24) is 0 Å². The molecule has 1 atom stereocenters. The molecule has 0 heterocycles. The Labute approximate surface area is 127 Å². The molecule has 104 valence electrons. The molecule has 2 rings (SSSR count). The Morgan fingerprint density at radius 3 is 2.30 bits per heavy atom. The topological polar surface area (TPSA) is 49.3 Å². The molecule has 2 aromatic carbocycles. The average molecular weight is 310 g/mol. The van der Waals surface area contributed by atoms with Gasteiger partial charge in [-0.25, -0.2) is 0 Å². The molecule has 0 spiro atoms. The molecule has 0 aromatic heterocycles. The average Bonchev–Trinajstić information content (AvgIpc) is 2.42. The molecule has 0 saturated heterocycles. The van der Waals surface area contributed by atoms with E-state index in [1.165, 1.54) is 0 Å². The molecular weight excluding hydrogens is 297 g/mol. The highest BCUT2D eigenvalue weighted by atomic mass is 35.5. The van der Waals surface area contributed by atoms with E-state index in [4.69, 9.17) is 28.3 Å². The van der Waals surface area contributed by atoms with Gasteiger partial charge < -0.3 is 10.4 Å². The van der Waals surface area contributed by atoms with Crippen LogP contribution in [-0.2, 0) is 4.79 Å². The number of halogens is 2. The minimum absolute atomic E-state index is 0.482. The van der Waals surface area contributed by atoms with Gasteiger partial charge in [-0.15, -0.1) is 0 Å². The van der Waals surface area contributed by atoms with Crippen molar-refractivity contribution in [3.05, 3.63) is 58.1 Å². The van der Waals surface area contributed by atoms with Crippen molar-refractivity contribution in [2.45, 2.75) is 12.8 Å². The minimum Gasteiger partial charge on any atom is -0.481 e. The molecule has 0 bridgehead atoms. The number of carboxylic acid groups (broad SMARTS) is 1. The number of rotatable bonds is 4. The summed E-state index contributed by atoms with van der Waals surface area (Å²) < 4.78 is 0. The first-order valence-electron chi connectivity index (χ1n) is 6.03. The summed E-state index contributed by atoms with van der Waals surface area (Å²) >= 11 is 12.2. The van der Waals surface area contributed by atoms with Gasteiger partial charge >= 0.3 is 5.97 Å². The maximum absolute atomic E-state index is 11.2. The quantitative estimate of drug-likeness (QED) is 0.842. The van der Waals surface area contributed by atoms with Crippen LogP contribution in [0, 0.1) is 0 Å². The summed E-state index contributed by atoms with van der Waals surface area (Å²) in [6.45, 7) is 1.64. The van der Waals surface area contributed by atoms with E-state index in [-0.39, 0.29) is 0 Å². The first-order chi connectivity index (χ1) is 9.50. The Morgan fingerprint density at radius 1 is 1.10 bits per heavy atom. The maximum atomic E-state index is 11.2. The molecule has 3 nitrogen and oxygen atoms in total. The van der Waals surface area contributed by atoms with E-state index in [0.717, 1.165) is 0 Å². The molecule has 0 saturated carbocycles. The van der Waals surface area contributed by atoms with Gasteiger partial charge in [-0.3, -0.25) is 4.79 Å². The number of carboxylic acids is 1. The molecule has 20 heavy (non-hydrogen) atoms. The van der Waals surface area contributed by atoms with E-state index >= 15 is 0 Å². The molecule has 0 radical (unpaired) electrons. The zero-order chi connectivity index (χ0) is 14.7. The van der Waals surface area contributed by atoms with Crippen LogP contribution in [0.3, 0.4) is 0 Å². The Bertz CT molecular complexity index is 623. The lowest BCUT2D eigenvalue weighted by Gasteiger charge is -2.16. The van der Waals surface area contributed by atoms with Gasteiger partial charge in [-0.2, -0.15) is 0 Å². The van der Waals surface area contributed by atoms with Gasteiger partial charge in [-0.1, -0.05) is 47.5 Å². The molecule has 0 fully saturated rings. The van der Waals surface area contributed by atoms with Gasteiger partial charge in [0.05, 0.1) is 21.7 Å². The summed E-state index contributed by atoms with van der Waals surface area (Å²) in [5.41, 5.74) is 1.93. The number of aliphatic carboxylic acids is 1. The van der Waals surface area contributed by atoms with E-state index in [9.17, 15) is 4.79 Å². The zero-order valence-corrected chi connectivity index (χ0v) is 12.2. The molecule has 0 aliphatic heterocycles. The fraction of sp³-hybridized carbons (Fsp3) is 0.133. The highest BCUT2D eigenvalue weighted by molar-refractivity contribution is 6.39. The van der Waals surface area contributed by atoms with Crippen LogP contribution in [-0.4, -0.2) is 11.1 Å². The van der Waals surface area contributed by atoms with Gasteiger partial charge in [0.2, 0.25) is 0 Å². The number of hydrogen-bond acceptors (Lipinski definition) is 2. The molecule has 0 unspecified atom stereocenters. The van der Waals surface area contributed by atoms with Crippen LogP contribution in [0.4, 0.5) is 11.4 Å². The van der Waals surface area contributed by atoms with Crippen LogP contribution < -0.4 is 5.32 Å². The maximum Gasteiger partial charge on any atom is 0.310 e. The SMILES string of the molecule is C[C@@H](C(=O)O)c1ccccc1Nc1c(Cl)cccc1Cl. The molecule has 2 aromatic rings. The minimum atomic E-state index is -0.885. The Balaban J connectivity index is 2.42. The number of nitrogens with one attached hydrogen (secondary N) is 1. The molecular formula is C15H13Cl2NO2. The van der Waals surface area contributed by atoms with Gasteiger partial charge in [0.1, 0.15) is 0 Å². The summed E-state index contributed by atoms with van der Waals surface area (Å²) in [4.78, 5) is 11.2. The lowest BCUT2D eigenvalue weighted by atomic mass is 9.99. The third-order valence-corrected chi connectivity index (χ3v) is 3.65. The van der Waals surface area contributed by atoms with Crippen molar-refractivity contribution in [3.63, 3.8) is 0 Å². The molecule has 0 aliphatic carbocycles. The van der Waals surface area contributed by atoms with Gasteiger partial charge in [0, 0.05) is 5.69 Å². The standard InChI is InChI=1S/C15H13Cl2NO2/c1-9(15(19)20)10-5-2-3-8-13(10)18-14-11(16)6-4-7-12(14)17/h2-9,18H,1H3,(H,19,20)/t9-/m1/s1. The summed E-state index contributed by atoms with van der Waals surface area (Å²) in [7, 11) is 0. The lowest BCUT2D eigenvalue weighted by Crippen LogP contribution is -2.09. The summed E-state index contributed by atoms with van der Waals surface area (Å²) in [5, 5.41) is 13.2. The summed E-state index contributed by atoms with van der Waals surface area (Å²) in [6.07, 6.45) is 0. The van der Waals surface area contributed by atoms with Crippen molar-refractivity contribution in [1.29, 1.82) is 0 Å². The van der Waals surface area contributed by atoms with Crippen molar-refractivity contribution in [3.8, 4) is 0 Å². The predicted molar refractivity (Wildman–Crippen MR) is 82.2 cm³/mol. The number of anilines is 2. The van der Waals surface area contributed by atoms with Gasteiger partial charge in [0.25, 0.3) is 0 Å². The fourth-order valence-electron chi connectivity index (χ4n) is 1.87. The Morgan fingerprint density at radius 2 is 1.70 bits per heavy atom. The van der Waals surface area contributed by atoms with E-state index in [1.54, 1.807) is 43.3 Å². The Kier molecular flexibility index (Phi) is 4.53. The summed E-state index contributed by atoms with van der Waals surface area (Å²) in [6, 6.07) is 12.4.